The molecule has 1 aliphatic rings. The zero-order chi connectivity index (χ0) is 13.0. The van der Waals surface area contributed by atoms with Gasteiger partial charge in [0.05, 0.1) is 25.1 Å². The molecular formula is C11H17N5O2. The summed E-state index contributed by atoms with van der Waals surface area (Å²) >= 11 is 0. The highest BCUT2D eigenvalue weighted by molar-refractivity contribution is 5.90. The Labute approximate surface area is 105 Å². The van der Waals surface area contributed by atoms with E-state index in [1.54, 1.807) is 6.20 Å². The molecule has 1 amide bonds. The first kappa shape index (κ1) is 12.7. The molecule has 1 atom stereocenters. The predicted octanol–water partition coefficient (Wildman–Crippen LogP) is -0.682. The van der Waals surface area contributed by atoms with E-state index in [1.165, 1.54) is 6.20 Å². The lowest BCUT2D eigenvalue weighted by Gasteiger charge is -2.30. The Morgan fingerprint density at radius 3 is 3.22 bits per heavy atom. The number of morpholine rings is 1. The summed E-state index contributed by atoms with van der Waals surface area (Å²) in [6.07, 6.45) is 3.01. The van der Waals surface area contributed by atoms with Gasteiger partial charge in [-0.1, -0.05) is 0 Å². The number of hydrogen-bond acceptors (Lipinski definition) is 6. The van der Waals surface area contributed by atoms with Gasteiger partial charge in [-0.25, -0.2) is 4.98 Å². The number of likely N-dealkylation sites (N-methyl/N-ethyl adjacent to an activating group) is 1. The van der Waals surface area contributed by atoms with Crippen LogP contribution in [0.2, 0.25) is 0 Å². The van der Waals surface area contributed by atoms with Crippen molar-refractivity contribution < 1.29 is 9.53 Å². The molecule has 7 nitrogen and oxygen atoms in total. The molecule has 1 unspecified atom stereocenters. The summed E-state index contributed by atoms with van der Waals surface area (Å²) in [5, 5.41) is 3.10. The second kappa shape index (κ2) is 5.74. The van der Waals surface area contributed by atoms with Crippen molar-refractivity contribution in [3.05, 3.63) is 18.1 Å². The average Bonchev–Trinajstić information content (AvgIpc) is 2.37. The fraction of sp³-hybridized carbons (Fsp3) is 0.545. The summed E-state index contributed by atoms with van der Waals surface area (Å²) in [6, 6.07) is 0. The van der Waals surface area contributed by atoms with E-state index in [0.29, 0.717) is 12.4 Å². The molecule has 1 aromatic heterocycles. The van der Waals surface area contributed by atoms with Gasteiger partial charge in [-0.15, -0.1) is 0 Å². The molecule has 0 aliphatic carbocycles. The maximum atomic E-state index is 11.0. The van der Waals surface area contributed by atoms with Gasteiger partial charge in [0, 0.05) is 19.6 Å². The number of ether oxygens (including phenoxy) is 1. The molecule has 0 saturated carbocycles. The van der Waals surface area contributed by atoms with Crippen molar-refractivity contribution in [2.75, 3.05) is 38.6 Å². The maximum absolute atomic E-state index is 11.0. The van der Waals surface area contributed by atoms with E-state index in [-0.39, 0.29) is 11.8 Å². The molecule has 98 valence electrons. The highest BCUT2D eigenvalue weighted by atomic mass is 16.5. The van der Waals surface area contributed by atoms with Gasteiger partial charge in [-0.2, -0.15) is 0 Å². The topological polar surface area (TPSA) is 93.4 Å². The lowest BCUT2D eigenvalue weighted by atomic mass is 10.3. The fourth-order valence-corrected chi connectivity index (χ4v) is 1.78. The standard InChI is InChI=1S/C11H17N5O2/c1-16-2-3-18-8(7-16)4-14-10-6-13-5-9(15-10)11(12)17/h5-6,8H,2-4,7H2,1H3,(H2,12,17)(H,14,15). The van der Waals surface area contributed by atoms with Gasteiger partial charge in [-0.05, 0) is 7.05 Å². The number of primary amides is 1. The molecular weight excluding hydrogens is 234 g/mol. The number of anilines is 1. The number of carbonyl (C=O) groups excluding carboxylic acids is 1. The number of amides is 1. The van der Waals surface area contributed by atoms with Crippen molar-refractivity contribution >= 4 is 11.7 Å². The molecule has 1 aromatic rings. The van der Waals surface area contributed by atoms with Gasteiger partial charge in [0.25, 0.3) is 5.91 Å². The van der Waals surface area contributed by atoms with Crippen LogP contribution in [0, 0.1) is 0 Å². The molecule has 3 N–H and O–H groups in total. The van der Waals surface area contributed by atoms with Gasteiger partial charge in [-0.3, -0.25) is 9.78 Å². The molecule has 18 heavy (non-hydrogen) atoms. The fourth-order valence-electron chi connectivity index (χ4n) is 1.78. The normalized spacial score (nSPS) is 20.6. The molecule has 0 spiro atoms. The van der Waals surface area contributed by atoms with Crippen molar-refractivity contribution in [1.29, 1.82) is 0 Å². The van der Waals surface area contributed by atoms with Crippen LogP contribution in [0.4, 0.5) is 5.82 Å². The van der Waals surface area contributed by atoms with Crippen LogP contribution in [0.3, 0.4) is 0 Å². The number of hydrogen-bond donors (Lipinski definition) is 2. The van der Waals surface area contributed by atoms with Crippen LogP contribution in [0.5, 0.6) is 0 Å². The molecule has 1 aliphatic heterocycles. The largest absolute Gasteiger partial charge is 0.374 e. The van der Waals surface area contributed by atoms with E-state index in [9.17, 15) is 4.79 Å². The van der Waals surface area contributed by atoms with Crippen molar-refractivity contribution in [2.24, 2.45) is 5.73 Å². The Morgan fingerprint density at radius 1 is 1.67 bits per heavy atom. The minimum atomic E-state index is -0.584. The van der Waals surface area contributed by atoms with Crippen LogP contribution >= 0.6 is 0 Å². The third-order valence-electron chi connectivity index (χ3n) is 2.74. The minimum absolute atomic E-state index is 0.114. The SMILES string of the molecule is CN1CCOC(CNc2cncc(C(N)=O)n2)C1. The van der Waals surface area contributed by atoms with E-state index in [1.807, 2.05) is 0 Å². The Hall–Kier alpha value is -1.73. The Kier molecular flexibility index (Phi) is 4.06. The third-order valence-corrected chi connectivity index (χ3v) is 2.74. The minimum Gasteiger partial charge on any atom is -0.374 e. The molecule has 0 radical (unpaired) electrons. The summed E-state index contributed by atoms with van der Waals surface area (Å²) in [5.74, 6) is -0.0528. The number of carbonyl (C=O) groups is 1. The monoisotopic (exact) mass is 251 g/mol. The Balaban J connectivity index is 1.89. The summed E-state index contributed by atoms with van der Waals surface area (Å²) in [6.45, 7) is 3.18. The zero-order valence-corrected chi connectivity index (χ0v) is 10.3. The second-order valence-corrected chi connectivity index (χ2v) is 4.29. The molecule has 2 heterocycles. The van der Waals surface area contributed by atoms with Crippen LogP contribution in [0.15, 0.2) is 12.4 Å². The Bertz CT molecular complexity index is 426. The van der Waals surface area contributed by atoms with Crippen LogP contribution < -0.4 is 11.1 Å². The van der Waals surface area contributed by atoms with E-state index >= 15 is 0 Å². The second-order valence-electron chi connectivity index (χ2n) is 4.29. The van der Waals surface area contributed by atoms with Gasteiger partial charge < -0.3 is 20.7 Å². The first-order valence-electron chi connectivity index (χ1n) is 5.81. The van der Waals surface area contributed by atoms with Crippen LogP contribution in [0.25, 0.3) is 0 Å². The van der Waals surface area contributed by atoms with Crippen molar-refractivity contribution in [3.63, 3.8) is 0 Å². The van der Waals surface area contributed by atoms with E-state index in [0.717, 1.165) is 19.7 Å². The van der Waals surface area contributed by atoms with Crippen molar-refractivity contribution in [2.45, 2.75) is 6.10 Å². The lowest BCUT2D eigenvalue weighted by molar-refractivity contribution is -0.0117. The molecule has 2 rings (SSSR count). The van der Waals surface area contributed by atoms with Crippen molar-refractivity contribution in [3.8, 4) is 0 Å². The van der Waals surface area contributed by atoms with Crippen molar-refractivity contribution in [1.82, 2.24) is 14.9 Å². The highest BCUT2D eigenvalue weighted by Crippen LogP contribution is 2.06. The number of aromatic nitrogens is 2. The number of rotatable bonds is 4. The molecule has 1 saturated heterocycles. The summed E-state index contributed by atoms with van der Waals surface area (Å²) in [4.78, 5) is 21.1. The summed E-state index contributed by atoms with van der Waals surface area (Å²) in [5.41, 5.74) is 5.29. The summed E-state index contributed by atoms with van der Waals surface area (Å²) < 4.78 is 5.60. The zero-order valence-electron chi connectivity index (χ0n) is 10.3. The first-order chi connectivity index (χ1) is 8.65. The molecule has 0 bridgehead atoms. The van der Waals surface area contributed by atoms with E-state index in [4.69, 9.17) is 10.5 Å². The van der Waals surface area contributed by atoms with Crippen LogP contribution in [0.1, 0.15) is 10.5 Å². The number of nitrogens with one attached hydrogen (secondary N) is 1. The first-order valence-corrected chi connectivity index (χ1v) is 5.81. The molecule has 1 fully saturated rings. The highest BCUT2D eigenvalue weighted by Gasteiger charge is 2.17. The lowest BCUT2D eigenvalue weighted by Crippen LogP contribution is -2.43. The molecule has 0 aromatic carbocycles. The van der Waals surface area contributed by atoms with Crippen LogP contribution in [-0.2, 0) is 4.74 Å². The van der Waals surface area contributed by atoms with Crippen LogP contribution in [-0.4, -0.2) is 60.2 Å². The number of nitrogens with two attached hydrogens (primary N) is 1. The van der Waals surface area contributed by atoms with E-state index < -0.39 is 5.91 Å². The maximum Gasteiger partial charge on any atom is 0.268 e. The van der Waals surface area contributed by atoms with Gasteiger partial charge >= 0.3 is 0 Å². The third kappa shape index (κ3) is 3.38. The van der Waals surface area contributed by atoms with Gasteiger partial charge in [0.1, 0.15) is 11.5 Å². The molecule has 7 heteroatoms. The average molecular weight is 251 g/mol. The van der Waals surface area contributed by atoms with Gasteiger partial charge in [0.2, 0.25) is 0 Å². The summed E-state index contributed by atoms with van der Waals surface area (Å²) in [7, 11) is 2.06. The quantitative estimate of drug-likeness (QED) is 0.736. The van der Waals surface area contributed by atoms with E-state index in [2.05, 4.69) is 27.2 Å². The Morgan fingerprint density at radius 2 is 2.50 bits per heavy atom. The predicted molar refractivity (Wildman–Crippen MR) is 66.3 cm³/mol. The smallest absolute Gasteiger partial charge is 0.268 e. The number of nitrogens with zero attached hydrogens (tertiary/aromatic N) is 3. The van der Waals surface area contributed by atoms with Gasteiger partial charge in [0.15, 0.2) is 0 Å².